The molecule has 21 heavy (non-hydrogen) atoms. The van der Waals surface area contributed by atoms with Gasteiger partial charge in [-0.05, 0) is 49.8 Å². The average molecular weight is 287 g/mol. The van der Waals surface area contributed by atoms with Crippen LogP contribution in [0.3, 0.4) is 0 Å². The summed E-state index contributed by atoms with van der Waals surface area (Å²) in [6.45, 7) is 12.0. The molecule has 0 aromatic heterocycles. The Balaban J connectivity index is 1.61. The van der Waals surface area contributed by atoms with Gasteiger partial charge in [-0.2, -0.15) is 0 Å². The number of hydrogen-bond donors (Lipinski definition) is 1. The third-order valence-corrected chi connectivity index (χ3v) is 5.62. The maximum Gasteiger partial charge on any atom is 0.0951 e. The van der Waals surface area contributed by atoms with Crippen LogP contribution in [0.4, 0.5) is 5.69 Å². The summed E-state index contributed by atoms with van der Waals surface area (Å²) in [4.78, 5) is 4.49. The zero-order valence-corrected chi connectivity index (χ0v) is 14.0. The van der Waals surface area contributed by atoms with Gasteiger partial charge >= 0.3 is 0 Å². The van der Waals surface area contributed by atoms with Crippen LogP contribution in [-0.4, -0.2) is 32.2 Å². The van der Waals surface area contributed by atoms with Crippen molar-refractivity contribution in [3.63, 3.8) is 0 Å². The fraction of sp³-hybridized carbons (Fsp3) is 0.684. The van der Waals surface area contributed by atoms with E-state index >= 15 is 0 Å². The third-order valence-electron chi connectivity index (χ3n) is 5.62. The summed E-state index contributed by atoms with van der Waals surface area (Å²) in [6, 6.07) is 7.80. The average Bonchev–Trinajstić information content (AvgIpc) is 2.50. The molecule has 0 unspecified atom stereocenters. The lowest BCUT2D eigenvalue weighted by Gasteiger charge is -2.40. The topological polar surface area (TPSA) is 7.68 Å². The molecular formula is C19H31N2+. The second-order valence-corrected chi connectivity index (χ2v) is 7.40. The molecule has 2 aliphatic rings. The van der Waals surface area contributed by atoms with Crippen LogP contribution >= 0.6 is 0 Å². The molecule has 2 nitrogen and oxygen atoms in total. The van der Waals surface area contributed by atoms with Gasteiger partial charge in [0.2, 0.25) is 0 Å². The highest BCUT2D eigenvalue weighted by atomic mass is 15.3. The van der Waals surface area contributed by atoms with Crippen molar-refractivity contribution in [2.75, 3.05) is 31.1 Å². The first kappa shape index (κ1) is 14.9. The smallest absolute Gasteiger partial charge is 0.0951 e. The van der Waals surface area contributed by atoms with E-state index in [9.17, 15) is 0 Å². The van der Waals surface area contributed by atoms with E-state index in [2.05, 4.69) is 43.9 Å². The Morgan fingerprint density at radius 2 is 1.86 bits per heavy atom. The fourth-order valence-corrected chi connectivity index (χ4v) is 4.31. The summed E-state index contributed by atoms with van der Waals surface area (Å²) in [5.74, 6) is 0.952. The molecule has 2 fully saturated rings. The van der Waals surface area contributed by atoms with Crippen LogP contribution in [0.1, 0.15) is 43.7 Å². The highest BCUT2D eigenvalue weighted by Crippen LogP contribution is 2.23. The van der Waals surface area contributed by atoms with Crippen molar-refractivity contribution in [2.24, 2.45) is 5.92 Å². The van der Waals surface area contributed by atoms with Crippen LogP contribution < -0.4 is 9.80 Å². The van der Waals surface area contributed by atoms with E-state index in [1.165, 1.54) is 68.7 Å². The summed E-state index contributed by atoms with van der Waals surface area (Å²) in [6.07, 6.45) is 5.83. The van der Waals surface area contributed by atoms with E-state index in [1.54, 1.807) is 0 Å². The van der Waals surface area contributed by atoms with Gasteiger partial charge in [-0.1, -0.05) is 25.5 Å². The second-order valence-electron chi connectivity index (χ2n) is 7.40. The van der Waals surface area contributed by atoms with Crippen LogP contribution in [0.15, 0.2) is 18.2 Å². The SMILES string of the molecule is Cc1ccc(C)c(N2CC[NH+]([C@@H]3CCC[C@H](C)C3)CC2)c1. The van der Waals surface area contributed by atoms with Gasteiger partial charge in [0.15, 0.2) is 0 Å². The normalized spacial score (nSPS) is 27.9. The molecule has 0 amide bonds. The Kier molecular flexibility index (Phi) is 4.54. The molecular weight excluding hydrogens is 256 g/mol. The summed E-state index contributed by atoms with van der Waals surface area (Å²) < 4.78 is 0. The summed E-state index contributed by atoms with van der Waals surface area (Å²) in [7, 11) is 0. The molecule has 2 atom stereocenters. The van der Waals surface area contributed by atoms with Gasteiger partial charge in [0.05, 0.1) is 32.2 Å². The van der Waals surface area contributed by atoms with Crippen LogP contribution in [0.5, 0.6) is 0 Å². The zero-order chi connectivity index (χ0) is 14.8. The molecule has 0 radical (unpaired) electrons. The Hall–Kier alpha value is -1.02. The van der Waals surface area contributed by atoms with Gasteiger partial charge in [0, 0.05) is 12.1 Å². The lowest BCUT2D eigenvalue weighted by Crippen LogP contribution is -3.18. The molecule has 2 heteroatoms. The number of nitrogens with one attached hydrogen (secondary N) is 1. The predicted molar refractivity (Wildman–Crippen MR) is 90.2 cm³/mol. The number of quaternary nitrogens is 1. The molecule has 1 heterocycles. The van der Waals surface area contributed by atoms with Crippen LogP contribution in [0.25, 0.3) is 0 Å². The summed E-state index contributed by atoms with van der Waals surface area (Å²) in [5, 5.41) is 0. The van der Waals surface area contributed by atoms with Crippen LogP contribution in [0, 0.1) is 19.8 Å². The third kappa shape index (κ3) is 3.42. The lowest BCUT2D eigenvalue weighted by atomic mass is 9.86. The van der Waals surface area contributed by atoms with Crippen molar-refractivity contribution in [1.29, 1.82) is 0 Å². The van der Waals surface area contributed by atoms with Gasteiger partial charge in [0.25, 0.3) is 0 Å². The number of nitrogens with zero attached hydrogens (tertiary/aromatic N) is 1. The van der Waals surface area contributed by atoms with Crippen molar-refractivity contribution in [1.82, 2.24) is 0 Å². The van der Waals surface area contributed by atoms with E-state index in [4.69, 9.17) is 0 Å². The Morgan fingerprint density at radius 1 is 1.10 bits per heavy atom. The number of benzene rings is 1. The highest BCUT2D eigenvalue weighted by Gasteiger charge is 2.30. The number of piperazine rings is 1. The molecule has 3 rings (SSSR count). The van der Waals surface area contributed by atoms with E-state index in [0.29, 0.717) is 0 Å². The van der Waals surface area contributed by atoms with Crippen LogP contribution in [0.2, 0.25) is 0 Å². The Labute approximate surface area is 130 Å². The van der Waals surface area contributed by atoms with Crippen LogP contribution in [-0.2, 0) is 0 Å². The van der Waals surface area contributed by atoms with E-state index in [0.717, 1.165) is 12.0 Å². The number of rotatable bonds is 2. The van der Waals surface area contributed by atoms with Gasteiger partial charge in [-0.3, -0.25) is 0 Å². The van der Waals surface area contributed by atoms with E-state index < -0.39 is 0 Å². The zero-order valence-electron chi connectivity index (χ0n) is 14.0. The molecule has 1 saturated carbocycles. The quantitative estimate of drug-likeness (QED) is 0.878. The highest BCUT2D eigenvalue weighted by molar-refractivity contribution is 5.55. The monoisotopic (exact) mass is 287 g/mol. The molecule has 0 bridgehead atoms. The number of hydrogen-bond acceptors (Lipinski definition) is 1. The first-order valence-corrected chi connectivity index (χ1v) is 8.80. The van der Waals surface area contributed by atoms with Crippen molar-refractivity contribution in [2.45, 2.75) is 52.5 Å². The second kappa shape index (κ2) is 6.39. The first-order chi connectivity index (χ1) is 10.1. The fourth-order valence-electron chi connectivity index (χ4n) is 4.31. The number of anilines is 1. The van der Waals surface area contributed by atoms with Gasteiger partial charge in [0.1, 0.15) is 0 Å². The lowest BCUT2D eigenvalue weighted by molar-refractivity contribution is -0.927. The van der Waals surface area contributed by atoms with Gasteiger partial charge < -0.3 is 9.80 Å². The molecule has 1 aliphatic carbocycles. The minimum Gasteiger partial charge on any atom is -0.360 e. The Morgan fingerprint density at radius 3 is 2.57 bits per heavy atom. The maximum absolute atomic E-state index is 2.61. The predicted octanol–water partition coefficient (Wildman–Crippen LogP) is 2.59. The number of aryl methyl sites for hydroxylation is 2. The minimum atomic E-state index is 0.939. The van der Waals surface area contributed by atoms with Crippen molar-refractivity contribution >= 4 is 5.69 Å². The molecule has 0 spiro atoms. The van der Waals surface area contributed by atoms with Crippen molar-refractivity contribution < 1.29 is 4.90 Å². The molecule has 1 N–H and O–H groups in total. The summed E-state index contributed by atoms with van der Waals surface area (Å²) in [5.41, 5.74) is 4.27. The molecule has 116 valence electrons. The molecule has 1 aromatic rings. The van der Waals surface area contributed by atoms with Crippen molar-refractivity contribution in [3.05, 3.63) is 29.3 Å². The maximum atomic E-state index is 2.61. The van der Waals surface area contributed by atoms with E-state index in [-0.39, 0.29) is 0 Å². The largest absolute Gasteiger partial charge is 0.360 e. The minimum absolute atomic E-state index is 0.939. The summed E-state index contributed by atoms with van der Waals surface area (Å²) >= 11 is 0. The Bertz CT molecular complexity index is 474. The van der Waals surface area contributed by atoms with E-state index in [1.807, 2.05) is 4.90 Å². The molecule has 1 saturated heterocycles. The van der Waals surface area contributed by atoms with Gasteiger partial charge in [-0.25, -0.2) is 0 Å². The molecule has 1 aromatic carbocycles. The van der Waals surface area contributed by atoms with Crippen molar-refractivity contribution in [3.8, 4) is 0 Å². The first-order valence-electron chi connectivity index (χ1n) is 8.80. The molecule has 1 aliphatic heterocycles. The standard InChI is InChI=1S/C19H30N2/c1-15-5-4-6-18(13-15)20-9-11-21(12-10-20)19-14-16(2)7-8-17(19)3/h7-8,14-15,18H,4-6,9-13H2,1-3H3/p+1/t15-,18+/m0/s1. The van der Waals surface area contributed by atoms with Gasteiger partial charge in [-0.15, -0.1) is 0 Å².